The summed E-state index contributed by atoms with van der Waals surface area (Å²) in [5.74, 6) is 0.336. The molecular weight excluding hydrogens is 412 g/mol. The second-order valence-corrected chi connectivity index (χ2v) is 7.99. The zero-order valence-electron chi connectivity index (χ0n) is 14.7. The number of carbonyl (C=O) groups is 1. The molecule has 0 aliphatic rings. The number of amides is 1. The number of fused-ring (bicyclic) bond motifs is 1. The normalized spacial score (nSPS) is 11.1. The Kier molecular flexibility index (Phi) is 5.94. The third kappa shape index (κ3) is 4.43. The molecule has 5 heteroatoms. The summed E-state index contributed by atoms with van der Waals surface area (Å²) in [6.45, 7) is 5.28. The third-order valence-corrected chi connectivity index (χ3v) is 4.88. The lowest BCUT2D eigenvalue weighted by molar-refractivity contribution is 0.0722. The van der Waals surface area contributed by atoms with Crippen molar-refractivity contribution in [3.05, 3.63) is 75.4 Å². The van der Waals surface area contributed by atoms with Crippen LogP contribution in [0, 0.1) is 5.92 Å². The van der Waals surface area contributed by atoms with Crippen molar-refractivity contribution in [3.63, 3.8) is 0 Å². The van der Waals surface area contributed by atoms with Crippen LogP contribution < -0.4 is 0 Å². The van der Waals surface area contributed by atoms with Gasteiger partial charge in [0, 0.05) is 34.1 Å². The molecule has 0 saturated carbocycles. The van der Waals surface area contributed by atoms with Crippen LogP contribution in [0.4, 0.5) is 0 Å². The zero-order chi connectivity index (χ0) is 18.7. The summed E-state index contributed by atoms with van der Waals surface area (Å²) in [7, 11) is 0. The number of nitrogens with zero attached hydrogens (tertiary/aromatic N) is 2. The Morgan fingerprint density at radius 2 is 1.92 bits per heavy atom. The average molecular weight is 432 g/mol. The maximum Gasteiger partial charge on any atom is 0.254 e. The second kappa shape index (κ2) is 8.19. The van der Waals surface area contributed by atoms with Gasteiger partial charge in [0.25, 0.3) is 5.91 Å². The van der Waals surface area contributed by atoms with E-state index in [2.05, 4.69) is 34.8 Å². The van der Waals surface area contributed by atoms with Gasteiger partial charge in [-0.25, -0.2) is 4.98 Å². The minimum absolute atomic E-state index is 0.00998. The topological polar surface area (TPSA) is 33.2 Å². The van der Waals surface area contributed by atoms with Gasteiger partial charge >= 0.3 is 0 Å². The maximum atomic E-state index is 13.1. The van der Waals surface area contributed by atoms with Crippen molar-refractivity contribution in [1.29, 1.82) is 0 Å². The molecule has 0 saturated heterocycles. The summed E-state index contributed by atoms with van der Waals surface area (Å²) in [4.78, 5) is 19.4. The molecule has 26 heavy (non-hydrogen) atoms. The quantitative estimate of drug-likeness (QED) is 0.468. The number of hydrogen-bond donors (Lipinski definition) is 0. The Labute approximate surface area is 167 Å². The maximum absolute atomic E-state index is 13.1. The molecule has 1 amide bonds. The van der Waals surface area contributed by atoms with E-state index in [9.17, 15) is 4.79 Å². The highest BCUT2D eigenvalue weighted by Crippen LogP contribution is 2.23. The van der Waals surface area contributed by atoms with E-state index >= 15 is 0 Å². The molecule has 0 unspecified atom stereocenters. The van der Waals surface area contributed by atoms with Gasteiger partial charge in [-0.2, -0.15) is 0 Å². The molecule has 0 spiro atoms. The van der Waals surface area contributed by atoms with Gasteiger partial charge in [0.05, 0.1) is 5.52 Å². The molecule has 3 rings (SSSR count). The van der Waals surface area contributed by atoms with Gasteiger partial charge in [-0.15, -0.1) is 0 Å². The van der Waals surface area contributed by atoms with Crippen LogP contribution in [0.1, 0.15) is 29.8 Å². The van der Waals surface area contributed by atoms with Gasteiger partial charge in [0.2, 0.25) is 0 Å². The third-order valence-electron chi connectivity index (χ3n) is 4.06. The van der Waals surface area contributed by atoms with Gasteiger partial charge in [0.1, 0.15) is 5.15 Å². The van der Waals surface area contributed by atoms with Gasteiger partial charge in [-0.1, -0.05) is 65.6 Å². The van der Waals surface area contributed by atoms with Crippen LogP contribution in [0.5, 0.6) is 0 Å². The van der Waals surface area contributed by atoms with Crippen molar-refractivity contribution in [2.75, 3.05) is 6.54 Å². The highest BCUT2D eigenvalue weighted by atomic mass is 79.9. The highest BCUT2D eigenvalue weighted by Gasteiger charge is 2.19. The smallest absolute Gasteiger partial charge is 0.254 e. The van der Waals surface area contributed by atoms with Crippen molar-refractivity contribution >= 4 is 44.3 Å². The van der Waals surface area contributed by atoms with Crippen LogP contribution in [-0.4, -0.2) is 22.3 Å². The van der Waals surface area contributed by atoms with Crippen LogP contribution in [0.2, 0.25) is 5.15 Å². The van der Waals surface area contributed by atoms with E-state index in [4.69, 9.17) is 11.6 Å². The molecule has 3 aromatic rings. The number of carbonyl (C=O) groups excluding carboxylic acids is 1. The van der Waals surface area contributed by atoms with Gasteiger partial charge < -0.3 is 4.90 Å². The Hall–Kier alpha value is -1.91. The van der Waals surface area contributed by atoms with Gasteiger partial charge in [-0.3, -0.25) is 4.79 Å². The lowest BCUT2D eigenvalue weighted by Gasteiger charge is -2.25. The summed E-state index contributed by atoms with van der Waals surface area (Å²) in [6.07, 6.45) is 0. The lowest BCUT2D eigenvalue weighted by Crippen LogP contribution is -2.34. The highest BCUT2D eigenvalue weighted by molar-refractivity contribution is 9.10. The summed E-state index contributed by atoms with van der Waals surface area (Å²) < 4.78 is 0.887. The van der Waals surface area contributed by atoms with E-state index in [1.807, 2.05) is 59.5 Å². The average Bonchev–Trinajstić information content (AvgIpc) is 2.60. The summed E-state index contributed by atoms with van der Waals surface area (Å²) in [5.41, 5.74) is 2.37. The molecule has 0 N–H and O–H groups in total. The van der Waals surface area contributed by atoms with Crippen LogP contribution in [0.15, 0.2) is 59.1 Å². The van der Waals surface area contributed by atoms with Crippen LogP contribution in [-0.2, 0) is 6.54 Å². The number of para-hydroxylation sites is 1. The first kappa shape index (κ1) is 18.9. The SMILES string of the molecule is CC(C)CN(Cc1cc2ccccc2nc1Cl)C(=O)c1cccc(Br)c1. The Balaban J connectivity index is 1.94. The van der Waals surface area contributed by atoms with E-state index in [0.717, 1.165) is 20.9 Å². The molecule has 134 valence electrons. The van der Waals surface area contributed by atoms with Crippen LogP contribution >= 0.6 is 27.5 Å². The van der Waals surface area contributed by atoms with Crippen LogP contribution in [0.3, 0.4) is 0 Å². The summed E-state index contributed by atoms with van der Waals surface area (Å²) in [5, 5.41) is 1.46. The molecule has 0 fully saturated rings. The molecule has 1 aromatic heterocycles. The zero-order valence-corrected chi connectivity index (χ0v) is 17.1. The number of aromatic nitrogens is 1. The van der Waals surface area contributed by atoms with E-state index in [1.165, 1.54) is 0 Å². The first-order valence-corrected chi connectivity index (χ1v) is 9.70. The van der Waals surface area contributed by atoms with E-state index in [0.29, 0.717) is 29.7 Å². The molecule has 0 atom stereocenters. The fraction of sp³-hybridized carbons (Fsp3) is 0.238. The molecule has 2 aromatic carbocycles. The number of benzene rings is 2. The van der Waals surface area contributed by atoms with E-state index in [-0.39, 0.29) is 5.91 Å². The van der Waals surface area contributed by atoms with Gasteiger partial charge in [0.15, 0.2) is 0 Å². The monoisotopic (exact) mass is 430 g/mol. The summed E-state index contributed by atoms with van der Waals surface area (Å²) >= 11 is 9.84. The van der Waals surface area contributed by atoms with E-state index in [1.54, 1.807) is 0 Å². The lowest BCUT2D eigenvalue weighted by atomic mass is 10.1. The molecule has 0 aliphatic carbocycles. The summed E-state index contributed by atoms with van der Waals surface area (Å²) in [6, 6.07) is 17.3. The molecule has 0 bridgehead atoms. The minimum atomic E-state index is -0.00998. The van der Waals surface area contributed by atoms with Crippen molar-refractivity contribution in [3.8, 4) is 0 Å². The molecule has 1 heterocycles. The van der Waals surface area contributed by atoms with Crippen molar-refractivity contribution < 1.29 is 4.79 Å². The molecular formula is C21H20BrClN2O. The Morgan fingerprint density at radius 1 is 1.15 bits per heavy atom. The Bertz CT molecular complexity index is 942. The Morgan fingerprint density at radius 3 is 2.65 bits per heavy atom. The molecule has 3 nitrogen and oxygen atoms in total. The second-order valence-electron chi connectivity index (χ2n) is 6.72. The minimum Gasteiger partial charge on any atom is -0.334 e. The largest absolute Gasteiger partial charge is 0.334 e. The number of rotatable bonds is 5. The van der Waals surface area contributed by atoms with E-state index < -0.39 is 0 Å². The fourth-order valence-electron chi connectivity index (χ4n) is 2.92. The van der Waals surface area contributed by atoms with Crippen LogP contribution in [0.25, 0.3) is 10.9 Å². The first-order chi connectivity index (χ1) is 12.4. The fourth-order valence-corrected chi connectivity index (χ4v) is 3.52. The predicted molar refractivity (Wildman–Crippen MR) is 110 cm³/mol. The molecule has 0 aliphatic heterocycles. The molecule has 0 radical (unpaired) electrons. The first-order valence-electron chi connectivity index (χ1n) is 8.53. The number of halogens is 2. The predicted octanol–water partition coefficient (Wildman–Crippen LogP) is 5.95. The van der Waals surface area contributed by atoms with Gasteiger partial charge in [-0.05, 0) is 36.2 Å². The number of hydrogen-bond acceptors (Lipinski definition) is 2. The number of pyridine rings is 1. The standard InChI is InChI=1S/C21H20BrClN2O/c1-14(2)12-25(21(26)16-7-5-8-18(22)11-16)13-17-10-15-6-3-4-9-19(15)24-20(17)23/h3-11,14H,12-13H2,1-2H3. The van der Waals surface area contributed by atoms with Crippen molar-refractivity contribution in [2.45, 2.75) is 20.4 Å². The van der Waals surface area contributed by atoms with Crippen molar-refractivity contribution in [1.82, 2.24) is 9.88 Å². The van der Waals surface area contributed by atoms with Crippen molar-refractivity contribution in [2.24, 2.45) is 5.92 Å².